The second kappa shape index (κ2) is 9.65. The van der Waals surface area contributed by atoms with E-state index in [2.05, 4.69) is 0 Å². The third kappa shape index (κ3) is 6.76. The predicted molar refractivity (Wildman–Crippen MR) is 42.5 cm³/mol. The highest BCUT2D eigenvalue weighted by Crippen LogP contribution is 2.02. The normalized spacial score (nSPS) is 9.60. The van der Waals surface area contributed by atoms with Crippen LogP contribution in [0.2, 0.25) is 0 Å². The summed E-state index contributed by atoms with van der Waals surface area (Å²) in [4.78, 5) is 0. The molecule has 10 heavy (non-hydrogen) atoms. The molecule has 60 valence electrons. The Morgan fingerprint density at radius 2 is 1.50 bits per heavy atom. The molecular weight excluding hydrogens is 144 g/mol. The van der Waals surface area contributed by atoms with Gasteiger partial charge in [0.15, 0.2) is 0 Å². The monoisotopic (exact) mass is 160 g/mol. The number of hydrogen-bond donors (Lipinski definition) is 3. The third-order valence-electron chi connectivity index (χ3n) is 1.29. The highest BCUT2D eigenvalue weighted by molar-refractivity contribution is 5.75. The van der Waals surface area contributed by atoms with Crippen LogP contribution in [0.15, 0.2) is 0 Å². The summed E-state index contributed by atoms with van der Waals surface area (Å²) in [6.07, 6.45) is 1.36. The van der Waals surface area contributed by atoms with E-state index in [0.29, 0.717) is 12.8 Å². The molecule has 0 aliphatic heterocycles. The minimum absolute atomic E-state index is 0. The maximum atomic E-state index is 8.51. The molecule has 0 aliphatic carbocycles. The Bertz CT molecular complexity index is 57.0. The fraction of sp³-hybridized carbons (Fsp3) is 1.00. The highest BCUT2D eigenvalue weighted by atomic mass is 24.3. The molecule has 0 saturated carbocycles. The summed E-state index contributed by atoms with van der Waals surface area (Å²) in [5.74, 6) is -0.0443. The van der Waals surface area contributed by atoms with Gasteiger partial charge in [-0.25, -0.2) is 0 Å². The van der Waals surface area contributed by atoms with Crippen LogP contribution in [-0.2, 0) is 0 Å². The van der Waals surface area contributed by atoms with Gasteiger partial charge in [0, 0.05) is 25.7 Å². The van der Waals surface area contributed by atoms with Crippen LogP contribution in [-0.4, -0.2) is 58.2 Å². The lowest BCUT2D eigenvalue weighted by molar-refractivity contribution is 0.136. The van der Waals surface area contributed by atoms with Gasteiger partial charge in [-0.3, -0.25) is 0 Å². The smallest absolute Gasteiger partial charge is 0.316 e. The highest BCUT2D eigenvalue weighted by Gasteiger charge is 2.03. The molecule has 0 amide bonds. The Hall–Kier alpha value is 0.646. The van der Waals surface area contributed by atoms with Crippen molar-refractivity contribution in [1.82, 2.24) is 0 Å². The van der Waals surface area contributed by atoms with E-state index >= 15 is 0 Å². The number of aliphatic hydroxyl groups excluding tert-OH is 3. The van der Waals surface area contributed by atoms with Crippen molar-refractivity contribution in [2.75, 3.05) is 19.8 Å². The van der Waals surface area contributed by atoms with E-state index in [0.717, 1.165) is 0 Å². The van der Waals surface area contributed by atoms with Crippen molar-refractivity contribution in [3.8, 4) is 0 Å². The second-order valence-corrected chi connectivity index (χ2v) is 2.10. The van der Waals surface area contributed by atoms with E-state index in [9.17, 15) is 0 Å². The predicted octanol–water partition coefficient (Wildman–Crippen LogP) is -1.56. The van der Waals surface area contributed by atoms with Crippen molar-refractivity contribution < 1.29 is 15.3 Å². The zero-order valence-electron chi connectivity index (χ0n) is 5.45. The molecule has 0 bridgehead atoms. The van der Waals surface area contributed by atoms with Gasteiger partial charge in [-0.2, -0.15) is 0 Å². The van der Waals surface area contributed by atoms with Gasteiger partial charge in [0.25, 0.3) is 0 Å². The van der Waals surface area contributed by atoms with E-state index in [1.807, 2.05) is 0 Å². The molecule has 0 radical (unpaired) electrons. The fourth-order valence-corrected chi connectivity index (χ4v) is 0.620. The maximum absolute atomic E-state index is 8.51. The first kappa shape index (κ1) is 13.3. The van der Waals surface area contributed by atoms with Gasteiger partial charge in [-0.15, -0.1) is 0 Å². The van der Waals surface area contributed by atoms with Crippen molar-refractivity contribution in [3.05, 3.63) is 0 Å². The average molecular weight is 160 g/mol. The first-order valence-electron chi connectivity index (χ1n) is 3.17. The SMILES string of the molecule is OCCCC(CO)CO.[MgH2]. The van der Waals surface area contributed by atoms with Gasteiger partial charge in [-0.05, 0) is 12.8 Å². The van der Waals surface area contributed by atoms with Gasteiger partial charge < -0.3 is 15.3 Å². The maximum Gasteiger partial charge on any atom is 0.316 e. The molecule has 3 nitrogen and oxygen atoms in total. The van der Waals surface area contributed by atoms with Crippen LogP contribution in [0, 0.1) is 5.92 Å². The van der Waals surface area contributed by atoms with Crippen LogP contribution in [0.5, 0.6) is 0 Å². The molecule has 0 rings (SSSR count). The molecule has 0 heterocycles. The summed E-state index contributed by atoms with van der Waals surface area (Å²) in [6.45, 7) is 0.156. The molecule has 0 saturated heterocycles. The van der Waals surface area contributed by atoms with E-state index in [4.69, 9.17) is 15.3 Å². The molecule has 0 unspecified atom stereocenters. The van der Waals surface area contributed by atoms with Crippen molar-refractivity contribution >= 4 is 23.1 Å². The molecule has 0 aliphatic rings. The Morgan fingerprint density at radius 3 is 1.80 bits per heavy atom. The quantitative estimate of drug-likeness (QED) is 0.427. The summed E-state index contributed by atoms with van der Waals surface area (Å²) < 4.78 is 0. The molecule has 0 spiro atoms. The second-order valence-electron chi connectivity index (χ2n) is 2.10. The lowest BCUT2D eigenvalue weighted by Gasteiger charge is -2.07. The largest absolute Gasteiger partial charge is 0.396 e. The molecule has 3 N–H and O–H groups in total. The first-order valence-corrected chi connectivity index (χ1v) is 3.17. The Labute approximate surface area is 77.2 Å². The number of rotatable bonds is 5. The fourth-order valence-electron chi connectivity index (χ4n) is 0.620. The van der Waals surface area contributed by atoms with Gasteiger partial charge in [0.05, 0.1) is 0 Å². The Morgan fingerprint density at radius 1 is 1.00 bits per heavy atom. The molecule has 0 fully saturated rings. The van der Waals surface area contributed by atoms with E-state index in [1.165, 1.54) is 0 Å². The first-order chi connectivity index (χ1) is 4.35. The zero-order chi connectivity index (χ0) is 7.11. The summed E-state index contributed by atoms with van der Waals surface area (Å²) >= 11 is 0. The van der Waals surface area contributed by atoms with Crippen LogP contribution < -0.4 is 0 Å². The van der Waals surface area contributed by atoms with E-state index < -0.39 is 0 Å². The van der Waals surface area contributed by atoms with E-state index in [1.54, 1.807) is 0 Å². The average Bonchev–Trinajstić information content (AvgIpc) is 1.91. The molecule has 0 aromatic heterocycles. The Balaban J connectivity index is 0. The molecule has 0 atom stereocenters. The van der Waals surface area contributed by atoms with Crippen LogP contribution in [0.25, 0.3) is 0 Å². The number of aliphatic hydroxyl groups is 3. The zero-order valence-corrected chi connectivity index (χ0v) is 5.45. The van der Waals surface area contributed by atoms with Crippen molar-refractivity contribution in [2.45, 2.75) is 12.8 Å². The topological polar surface area (TPSA) is 60.7 Å². The summed E-state index contributed by atoms with van der Waals surface area (Å²) in [7, 11) is 0. The lowest BCUT2D eigenvalue weighted by Crippen LogP contribution is -2.11. The van der Waals surface area contributed by atoms with Gasteiger partial charge in [0.1, 0.15) is 0 Å². The van der Waals surface area contributed by atoms with Crippen LogP contribution >= 0.6 is 0 Å². The molecule has 0 aromatic rings. The minimum Gasteiger partial charge on any atom is -0.396 e. The summed E-state index contributed by atoms with van der Waals surface area (Å²) in [6, 6.07) is 0. The molecular formula is C6H16MgO3. The van der Waals surface area contributed by atoms with Gasteiger partial charge in [-0.1, -0.05) is 0 Å². The summed E-state index contributed by atoms with van der Waals surface area (Å²) in [5, 5.41) is 25.4. The van der Waals surface area contributed by atoms with Crippen molar-refractivity contribution in [1.29, 1.82) is 0 Å². The molecule has 0 aromatic carbocycles. The van der Waals surface area contributed by atoms with Crippen LogP contribution in [0.4, 0.5) is 0 Å². The standard InChI is InChI=1S/C6H14O3.Mg.2H/c7-3-1-2-6(4-8)5-9;;;/h6-9H,1-5H2;;;. The third-order valence-corrected chi connectivity index (χ3v) is 1.29. The van der Waals surface area contributed by atoms with Gasteiger partial charge in [0.2, 0.25) is 0 Å². The number of hydrogen-bond acceptors (Lipinski definition) is 3. The summed E-state index contributed by atoms with van der Waals surface area (Å²) in [5.41, 5.74) is 0. The lowest BCUT2D eigenvalue weighted by atomic mass is 10.1. The van der Waals surface area contributed by atoms with Crippen molar-refractivity contribution in [2.24, 2.45) is 5.92 Å². The Kier molecular flexibility index (Phi) is 12.8. The minimum atomic E-state index is -0.0443. The van der Waals surface area contributed by atoms with E-state index in [-0.39, 0.29) is 48.8 Å². The molecule has 4 heteroatoms. The van der Waals surface area contributed by atoms with Crippen molar-refractivity contribution in [3.63, 3.8) is 0 Å². The van der Waals surface area contributed by atoms with Crippen LogP contribution in [0.3, 0.4) is 0 Å². The van der Waals surface area contributed by atoms with Crippen LogP contribution in [0.1, 0.15) is 12.8 Å². The van der Waals surface area contributed by atoms with Gasteiger partial charge >= 0.3 is 23.1 Å².